The van der Waals surface area contributed by atoms with E-state index < -0.39 is 9.84 Å². The Hall–Kier alpha value is -1.20. The van der Waals surface area contributed by atoms with Crippen LogP contribution < -0.4 is 0 Å². The van der Waals surface area contributed by atoms with Gasteiger partial charge in [0.25, 0.3) is 0 Å². The van der Waals surface area contributed by atoms with E-state index in [0.29, 0.717) is 4.88 Å². The number of thiophene rings is 1. The van der Waals surface area contributed by atoms with Crippen LogP contribution in [0.1, 0.15) is 16.1 Å². The van der Waals surface area contributed by atoms with Gasteiger partial charge in [-0.1, -0.05) is 18.2 Å². The highest BCUT2D eigenvalue weighted by Crippen LogP contribution is 2.26. The van der Waals surface area contributed by atoms with Gasteiger partial charge in [-0.05, 0) is 17.5 Å². The average Bonchev–Trinajstić information content (AvgIpc) is 2.68. The van der Waals surface area contributed by atoms with Gasteiger partial charge in [0.15, 0.2) is 5.78 Å². The van der Waals surface area contributed by atoms with E-state index in [9.17, 15) is 13.2 Å². The van der Waals surface area contributed by atoms with Crippen molar-refractivity contribution in [2.75, 3.05) is 12.0 Å². The maximum absolute atomic E-state index is 11.8. The van der Waals surface area contributed by atoms with Crippen molar-refractivity contribution in [2.24, 2.45) is 0 Å². The molecule has 0 aliphatic rings. The lowest BCUT2D eigenvalue weighted by molar-refractivity contribution is 0.0992. The lowest BCUT2D eigenvalue weighted by atomic mass is 10.2. The maximum atomic E-state index is 11.8. The number of sulfone groups is 1. The second-order valence-corrected chi connectivity index (χ2v) is 7.30. The van der Waals surface area contributed by atoms with Crippen molar-refractivity contribution >= 4 is 37.0 Å². The van der Waals surface area contributed by atoms with Crippen molar-refractivity contribution in [2.45, 2.75) is 6.42 Å². The predicted octanol–water partition coefficient (Wildman–Crippen LogP) is 2.52. The molecule has 0 aliphatic carbocycles. The predicted molar refractivity (Wildman–Crippen MR) is 70.5 cm³/mol. The second-order valence-electron chi connectivity index (χ2n) is 3.95. The van der Waals surface area contributed by atoms with Crippen LogP contribution in [0.2, 0.25) is 0 Å². The van der Waals surface area contributed by atoms with Crippen LogP contribution in [-0.4, -0.2) is 26.2 Å². The number of carbonyl (C=O) groups is 1. The minimum atomic E-state index is -3.07. The molecule has 0 aliphatic heterocycles. The van der Waals surface area contributed by atoms with Gasteiger partial charge in [-0.2, -0.15) is 0 Å². The summed E-state index contributed by atoms with van der Waals surface area (Å²) in [5, 5.41) is 1.03. The molecule has 1 aromatic carbocycles. The normalized spacial score (nSPS) is 11.8. The first-order valence-corrected chi connectivity index (χ1v) is 8.03. The van der Waals surface area contributed by atoms with Gasteiger partial charge >= 0.3 is 0 Å². The summed E-state index contributed by atoms with van der Waals surface area (Å²) in [5.41, 5.74) is 0. The van der Waals surface area contributed by atoms with E-state index in [4.69, 9.17) is 0 Å². The summed E-state index contributed by atoms with van der Waals surface area (Å²) in [6, 6.07) is 9.56. The number of fused-ring (bicyclic) bond motifs is 1. The summed E-state index contributed by atoms with van der Waals surface area (Å²) in [7, 11) is -3.07. The topological polar surface area (TPSA) is 51.2 Å². The number of carbonyl (C=O) groups excluding carboxylic acids is 1. The minimum absolute atomic E-state index is 0.0612. The fourth-order valence-electron chi connectivity index (χ4n) is 1.52. The molecular weight excluding hydrogens is 256 g/mol. The van der Waals surface area contributed by atoms with Crippen LogP contribution in [0.25, 0.3) is 10.1 Å². The van der Waals surface area contributed by atoms with E-state index in [1.807, 2.05) is 30.3 Å². The van der Waals surface area contributed by atoms with E-state index in [-0.39, 0.29) is 18.0 Å². The third-order valence-electron chi connectivity index (χ3n) is 2.40. The number of ketones is 1. The van der Waals surface area contributed by atoms with E-state index in [2.05, 4.69) is 0 Å². The second kappa shape index (κ2) is 4.58. The molecule has 1 aromatic heterocycles. The van der Waals surface area contributed by atoms with Crippen LogP contribution >= 0.6 is 11.3 Å². The largest absolute Gasteiger partial charge is 0.293 e. The van der Waals surface area contributed by atoms with Crippen molar-refractivity contribution in [3.05, 3.63) is 35.2 Å². The Bertz CT molecular complexity index is 620. The molecule has 3 nitrogen and oxygen atoms in total. The molecule has 0 radical (unpaired) electrons. The number of hydrogen-bond acceptors (Lipinski definition) is 4. The molecule has 90 valence electrons. The van der Waals surface area contributed by atoms with Crippen LogP contribution in [0.15, 0.2) is 30.3 Å². The van der Waals surface area contributed by atoms with Crippen molar-refractivity contribution in [3.8, 4) is 0 Å². The minimum Gasteiger partial charge on any atom is -0.293 e. The molecule has 2 aromatic rings. The van der Waals surface area contributed by atoms with Crippen LogP contribution in [0.4, 0.5) is 0 Å². The van der Waals surface area contributed by atoms with E-state index in [1.54, 1.807) is 0 Å². The number of benzene rings is 1. The lowest BCUT2D eigenvalue weighted by Crippen LogP contribution is -2.08. The molecule has 0 spiro atoms. The van der Waals surface area contributed by atoms with Gasteiger partial charge in [-0.15, -0.1) is 11.3 Å². The molecule has 0 saturated heterocycles. The van der Waals surface area contributed by atoms with Crippen LogP contribution in [-0.2, 0) is 9.84 Å². The Morgan fingerprint density at radius 3 is 2.65 bits per heavy atom. The van der Waals surface area contributed by atoms with E-state index in [0.717, 1.165) is 16.3 Å². The van der Waals surface area contributed by atoms with Gasteiger partial charge in [-0.25, -0.2) is 8.42 Å². The van der Waals surface area contributed by atoms with Crippen molar-refractivity contribution in [1.29, 1.82) is 0 Å². The smallest absolute Gasteiger partial charge is 0.173 e. The molecular formula is C12H12O3S2. The zero-order chi connectivity index (χ0) is 12.5. The molecule has 0 amide bonds. The fourth-order valence-corrected chi connectivity index (χ4v) is 3.11. The number of Topliss-reactive ketones (excluding diaryl/α,β-unsaturated/α-hetero) is 1. The van der Waals surface area contributed by atoms with Crippen LogP contribution in [0, 0.1) is 0 Å². The third-order valence-corrected chi connectivity index (χ3v) is 4.50. The molecule has 5 heteroatoms. The van der Waals surface area contributed by atoms with E-state index >= 15 is 0 Å². The first kappa shape index (κ1) is 12.3. The lowest BCUT2D eigenvalue weighted by Gasteiger charge is -1.95. The SMILES string of the molecule is CS(=O)(=O)CCC(=O)c1cc2ccccc2s1. The molecule has 0 unspecified atom stereocenters. The van der Waals surface area contributed by atoms with Gasteiger partial charge in [-0.3, -0.25) is 4.79 Å². The number of rotatable bonds is 4. The fraction of sp³-hybridized carbons (Fsp3) is 0.250. The Balaban J connectivity index is 2.19. The molecule has 0 atom stereocenters. The van der Waals surface area contributed by atoms with Gasteiger partial charge in [0.1, 0.15) is 9.84 Å². The summed E-state index contributed by atoms with van der Waals surface area (Å²) in [5.74, 6) is -0.184. The standard InChI is InChI=1S/C12H12O3S2/c1-17(14,15)7-6-10(13)12-8-9-4-2-3-5-11(9)16-12/h2-5,8H,6-7H2,1H3. The van der Waals surface area contributed by atoms with Crippen molar-refractivity contribution < 1.29 is 13.2 Å². The number of hydrogen-bond donors (Lipinski definition) is 0. The van der Waals surface area contributed by atoms with Gasteiger partial charge in [0, 0.05) is 17.4 Å². The van der Waals surface area contributed by atoms with Crippen LogP contribution in [0.3, 0.4) is 0 Å². The van der Waals surface area contributed by atoms with Crippen molar-refractivity contribution in [1.82, 2.24) is 0 Å². The highest BCUT2D eigenvalue weighted by atomic mass is 32.2. The Kier molecular flexibility index (Phi) is 3.31. The molecule has 2 rings (SSSR count). The average molecular weight is 268 g/mol. The molecule has 17 heavy (non-hydrogen) atoms. The summed E-state index contributed by atoms with van der Waals surface area (Å²) in [6.07, 6.45) is 1.21. The highest BCUT2D eigenvalue weighted by molar-refractivity contribution is 7.90. The van der Waals surface area contributed by atoms with Crippen LogP contribution in [0.5, 0.6) is 0 Å². The Morgan fingerprint density at radius 1 is 1.29 bits per heavy atom. The summed E-state index contributed by atoms with van der Waals surface area (Å²) in [6.45, 7) is 0. The van der Waals surface area contributed by atoms with Gasteiger partial charge < -0.3 is 0 Å². The maximum Gasteiger partial charge on any atom is 0.173 e. The Labute approximate surface area is 104 Å². The van der Waals surface area contributed by atoms with Gasteiger partial charge in [0.05, 0.1) is 10.6 Å². The summed E-state index contributed by atoms with van der Waals surface area (Å²) in [4.78, 5) is 12.4. The molecule has 1 heterocycles. The monoisotopic (exact) mass is 268 g/mol. The molecule has 0 fully saturated rings. The molecule has 0 saturated carbocycles. The summed E-state index contributed by atoms with van der Waals surface area (Å²) < 4.78 is 23.0. The zero-order valence-corrected chi connectivity index (χ0v) is 11.0. The van der Waals surface area contributed by atoms with Gasteiger partial charge in [0.2, 0.25) is 0 Å². The van der Waals surface area contributed by atoms with E-state index in [1.165, 1.54) is 11.3 Å². The first-order valence-electron chi connectivity index (χ1n) is 5.15. The molecule has 0 bridgehead atoms. The first-order chi connectivity index (χ1) is 7.96. The molecule has 0 N–H and O–H groups in total. The third kappa shape index (κ3) is 3.14. The highest BCUT2D eigenvalue weighted by Gasteiger charge is 2.12. The Morgan fingerprint density at radius 2 is 2.00 bits per heavy atom. The van der Waals surface area contributed by atoms with Crippen molar-refractivity contribution in [3.63, 3.8) is 0 Å². The zero-order valence-electron chi connectivity index (χ0n) is 9.34. The summed E-state index contributed by atoms with van der Waals surface area (Å²) >= 11 is 1.41. The quantitative estimate of drug-likeness (QED) is 0.801.